The van der Waals surface area contributed by atoms with E-state index in [9.17, 15) is 9.59 Å². The van der Waals surface area contributed by atoms with Crippen molar-refractivity contribution in [2.75, 3.05) is 5.75 Å². The molecule has 5 rings (SSSR count). The van der Waals surface area contributed by atoms with E-state index in [1.807, 2.05) is 48.2 Å². The second-order valence-electron chi connectivity index (χ2n) is 7.15. The average Bonchev–Trinajstić information content (AvgIpc) is 2.80. The maximum Gasteiger partial charge on any atom is 0.279 e. The molecule has 0 fully saturated rings. The predicted octanol–water partition coefficient (Wildman–Crippen LogP) is 4.35. The van der Waals surface area contributed by atoms with E-state index < -0.39 is 0 Å². The van der Waals surface area contributed by atoms with Crippen LogP contribution in [0.25, 0.3) is 16.5 Å². The van der Waals surface area contributed by atoms with Gasteiger partial charge in [-0.2, -0.15) is 9.78 Å². The number of hydrogen-bond donors (Lipinski definition) is 1. The van der Waals surface area contributed by atoms with Crippen molar-refractivity contribution in [3.05, 3.63) is 100 Å². The topological polar surface area (TPSA) is 64.0 Å². The van der Waals surface area contributed by atoms with Gasteiger partial charge in [0, 0.05) is 16.0 Å². The molecule has 1 aromatic heterocycles. The lowest BCUT2D eigenvalue weighted by Gasteiger charge is -2.26. The van der Waals surface area contributed by atoms with Gasteiger partial charge in [0.1, 0.15) is 0 Å². The van der Waals surface area contributed by atoms with Crippen molar-refractivity contribution in [1.29, 1.82) is 0 Å². The Balaban J connectivity index is 1.60. The van der Waals surface area contributed by atoms with Crippen molar-refractivity contribution in [3.63, 3.8) is 0 Å². The van der Waals surface area contributed by atoms with Crippen LogP contribution in [0.2, 0.25) is 0 Å². The summed E-state index contributed by atoms with van der Waals surface area (Å²) < 4.78 is 1.31. The second-order valence-corrected chi connectivity index (χ2v) is 8.28. The summed E-state index contributed by atoms with van der Waals surface area (Å²) in [5.41, 5.74) is 1.77. The Bertz CT molecular complexity index is 1300. The predicted molar refractivity (Wildman–Crippen MR) is 119 cm³/mol. The first-order valence-corrected chi connectivity index (χ1v) is 10.8. The number of thioether (sulfide) groups is 1. The molecular weight excluding hydrogens is 394 g/mol. The Morgan fingerprint density at radius 3 is 2.47 bits per heavy atom. The Morgan fingerprint density at radius 2 is 1.63 bits per heavy atom. The molecule has 1 atom stereocenters. The van der Waals surface area contributed by atoms with E-state index in [0.717, 1.165) is 17.7 Å². The van der Waals surface area contributed by atoms with Crippen molar-refractivity contribution >= 4 is 28.4 Å². The molecule has 3 aromatic carbocycles. The molecule has 30 heavy (non-hydrogen) atoms. The highest BCUT2D eigenvalue weighted by Crippen LogP contribution is 2.36. The minimum absolute atomic E-state index is 0.0763. The Labute approximate surface area is 177 Å². The van der Waals surface area contributed by atoms with Gasteiger partial charge in [0.05, 0.1) is 17.1 Å². The largest absolute Gasteiger partial charge is 0.344 e. The van der Waals surface area contributed by atoms with Crippen LogP contribution < -0.4 is 10.9 Å². The van der Waals surface area contributed by atoms with Gasteiger partial charge in [-0.1, -0.05) is 54.6 Å². The van der Waals surface area contributed by atoms with Crippen LogP contribution in [0.4, 0.5) is 0 Å². The van der Waals surface area contributed by atoms with Gasteiger partial charge in [0.15, 0.2) is 5.69 Å². The van der Waals surface area contributed by atoms with Crippen LogP contribution in [0.1, 0.15) is 28.5 Å². The maximum atomic E-state index is 13.3. The molecule has 0 saturated carbocycles. The first-order chi connectivity index (χ1) is 14.7. The van der Waals surface area contributed by atoms with E-state index in [1.165, 1.54) is 9.58 Å². The molecule has 1 N–H and O–H groups in total. The quantitative estimate of drug-likeness (QED) is 0.542. The molecule has 4 aromatic rings. The Hall–Kier alpha value is -3.38. The molecule has 0 bridgehead atoms. The minimum atomic E-state index is -0.275. The maximum absolute atomic E-state index is 13.3. The molecule has 0 spiro atoms. The number of carbonyl (C=O) groups excluding carboxylic acids is 1. The second kappa shape index (κ2) is 7.80. The summed E-state index contributed by atoms with van der Waals surface area (Å²) in [7, 11) is 0. The molecule has 0 unspecified atom stereocenters. The number of nitrogens with zero attached hydrogens (tertiary/aromatic N) is 2. The number of aromatic nitrogens is 2. The standard InChI is InChI=1S/C24H19N3O2S/c28-23(25-20-14-15-30-21-13-7-6-12-19(20)21)22-17-10-4-5-11-18(17)24(29)27(26-22)16-8-2-1-3-9-16/h1-13,20H,14-15H2,(H,25,28)/t20-/m1/s1. The third-order valence-electron chi connectivity index (χ3n) is 5.28. The number of para-hydroxylation sites is 1. The first-order valence-electron chi connectivity index (χ1n) is 9.82. The smallest absolute Gasteiger partial charge is 0.279 e. The Kier molecular flexibility index (Phi) is 4.85. The number of fused-ring (bicyclic) bond motifs is 2. The fourth-order valence-corrected chi connectivity index (χ4v) is 4.95. The molecule has 148 valence electrons. The van der Waals surface area contributed by atoms with E-state index in [-0.39, 0.29) is 23.2 Å². The number of nitrogens with one attached hydrogen (secondary N) is 1. The molecule has 1 aliphatic rings. The summed E-state index contributed by atoms with van der Waals surface area (Å²) in [6.45, 7) is 0. The van der Waals surface area contributed by atoms with Gasteiger partial charge in [-0.15, -0.1) is 11.8 Å². The lowest BCUT2D eigenvalue weighted by atomic mass is 10.0. The van der Waals surface area contributed by atoms with Crippen LogP contribution in [-0.2, 0) is 0 Å². The summed E-state index contributed by atoms with van der Waals surface area (Å²) in [5, 5.41) is 8.66. The van der Waals surface area contributed by atoms with Gasteiger partial charge < -0.3 is 5.32 Å². The number of carbonyl (C=O) groups is 1. The first kappa shape index (κ1) is 18.6. The third-order valence-corrected chi connectivity index (χ3v) is 6.41. The fraction of sp³-hybridized carbons (Fsp3) is 0.125. The van der Waals surface area contributed by atoms with E-state index in [0.29, 0.717) is 16.5 Å². The van der Waals surface area contributed by atoms with Gasteiger partial charge in [0.25, 0.3) is 11.5 Å². The van der Waals surface area contributed by atoms with Gasteiger partial charge in [-0.25, -0.2) is 0 Å². The highest BCUT2D eigenvalue weighted by Gasteiger charge is 2.25. The van der Waals surface area contributed by atoms with E-state index in [1.54, 1.807) is 30.3 Å². The summed E-state index contributed by atoms with van der Waals surface area (Å²) in [4.78, 5) is 27.6. The highest BCUT2D eigenvalue weighted by atomic mass is 32.2. The van der Waals surface area contributed by atoms with Crippen LogP contribution >= 0.6 is 11.8 Å². The Morgan fingerprint density at radius 1 is 0.933 bits per heavy atom. The molecule has 6 heteroatoms. The number of amides is 1. The molecule has 0 radical (unpaired) electrons. The molecule has 1 aliphatic heterocycles. The molecule has 0 saturated heterocycles. The zero-order valence-corrected chi connectivity index (χ0v) is 16.9. The van der Waals surface area contributed by atoms with E-state index >= 15 is 0 Å². The number of rotatable bonds is 3. The third kappa shape index (κ3) is 3.29. The lowest BCUT2D eigenvalue weighted by Crippen LogP contribution is -2.33. The van der Waals surface area contributed by atoms with Crippen molar-refractivity contribution in [3.8, 4) is 5.69 Å². The monoisotopic (exact) mass is 413 g/mol. The fourth-order valence-electron chi connectivity index (χ4n) is 3.82. The van der Waals surface area contributed by atoms with E-state index in [4.69, 9.17) is 0 Å². The summed E-state index contributed by atoms with van der Waals surface area (Å²) in [5.74, 6) is 0.669. The van der Waals surface area contributed by atoms with Gasteiger partial charge in [-0.05, 0) is 36.2 Å². The van der Waals surface area contributed by atoms with Crippen LogP contribution in [0.15, 0.2) is 88.6 Å². The van der Waals surface area contributed by atoms with Crippen molar-refractivity contribution < 1.29 is 4.79 Å². The van der Waals surface area contributed by atoms with Crippen molar-refractivity contribution in [1.82, 2.24) is 15.1 Å². The SMILES string of the molecule is O=C(N[C@@H]1CCSc2ccccc21)c1nn(-c2ccccc2)c(=O)c2ccccc12. The van der Waals surface area contributed by atoms with Crippen LogP contribution in [0, 0.1) is 0 Å². The zero-order chi connectivity index (χ0) is 20.5. The normalized spacial score (nSPS) is 15.5. The van der Waals surface area contributed by atoms with Gasteiger partial charge in [-0.3, -0.25) is 9.59 Å². The molecule has 0 aliphatic carbocycles. The molecule has 2 heterocycles. The highest BCUT2D eigenvalue weighted by molar-refractivity contribution is 7.99. The van der Waals surface area contributed by atoms with Crippen LogP contribution in [-0.4, -0.2) is 21.4 Å². The number of benzene rings is 3. The van der Waals surface area contributed by atoms with E-state index in [2.05, 4.69) is 22.5 Å². The zero-order valence-electron chi connectivity index (χ0n) is 16.1. The van der Waals surface area contributed by atoms with Crippen LogP contribution in [0.3, 0.4) is 0 Å². The number of hydrogen-bond acceptors (Lipinski definition) is 4. The molecular formula is C24H19N3O2S. The molecule has 1 amide bonds. The van der Waals surface area contributed by atoms with Gasteiger partial charge in [0.2, 0.25) is 0 Å². The van der Waals surface area contributed by atoms with Crippen LogP contribution in [0.5, 0.6) is 0 Å². The average molecular weight is 414 g/mol. The summed E-state index contributed by atoms with van der Waals surface area (Å²) in [6, 6.07) is 24.4. The molecule has 5 nitrogen and oxygen atoms in total. The van der Waals surface area contributed by atoms with Gasteiger partial charge >= 0.3 is 0 Å². The van der Waals surface area contributed by atoms with Crippen molar-refractivity contribution in [2.24, 2.45) is 0 Å². The van der Waals surface area contributed by atoms with Crippen molar-refractivity contribution in [2.45, 2.75) is 17.4 Å². The minimum Gasteiger partial charge on any atom is -0.344 e. The summed E-state index contributed by atoms with van der Waals surface area (Å²) >= 11 is 1.81. The summed E-state index contributed by atoms with van der Waals surface area (Å²) in [6.07, 6.45) is 0.851. The lowest BCUT2D eigenvalue weighted by molar-refractivity contribution is 0.0930.